The van der Waals surface area contributed by atoms with Gasteiger partial charge in [0.15, 0.2) is 0 Å². The minimum Gasteiger partial charge on any atom is -0.346 e. The lowest BCUT2D eigenvalue weighted by Gasteiger charge is -2.07. The van der Waals surface area contributed by atoms with Crippen LogP contribution in [0, 0.1) is 6.92 Å². The topological polar surface area (TPSA) is 92.9 Å². The second-order valence-electron chi connectivity index (χ2n) is 4.03. The second-order valence-corrected chi connectivity index (χ2v) is 4.03. The molecule has 2 aromatic rings. The molecule has 0 radical (unpaired) electrons. The number of aryl methyl sites for hydroxylation is 1. The summed E-state index contributed by atoms with van der Waals surface area (Å²) in [7, 11) is 0. The molecule has 4 N–H and O–H groups in total. The zero-order valence-electron chi connectivity index (χ0n) is 10.6. The number of carbonyl (C=O) groups excluding carboxylic acids is 1. The molecule has 0 aromatic carbocycles. The van der Waals surface area contributed by atoms with Crippen molar-refractivity contribution in [1.82, 2.24) is 15.3 Å². The van der Waals surface area contributed by atoms with Gasteiger partial charge >= 0.3 is 0 Å². The number of rotatable bonds is 4. The number of carbonyl (C=O) groups is 1. The molecule has 2 heterocycles. The molecule has 0 aliphatic rings. The van der Waals surface area contributed by atoms with Crippen molar-refractivity contribution in [1.29, 1.82) is 0 Å². The molecule has 0 saturated heterocycles. The van der Waals surface area contributed by atoms with Gasteiger partial charge in [-0.2, -0.15) is 0 Å². The van der Waals surface area contributed by atoms with Gasteiger partial charge in [0, 0.05) is 12.4 Å². The largest absolute Gasteiger partial charge is 0.346 e. The lowest BCUT2D eigenvalue weighted by molar-refractivity contribution is 0.0950. The quantitative estimate of drug-likeness (QED) is 0.561. The number of nitrogens with zero attached hydrogens (tertiary/aromatic N) is 2. The maximum absolute atomic E-state index is 11.9. The van der Waals surface area contributed by atoms with Crippen LogP contribution in [0.1, 0.15) is 21.6 Å². The Bertz CT molecular complexity index is 568. The summed E-state index contributed by atoms with van der Waals surface area (Å²) in [6, 6.07) is 7.12. The number of nitrogens with two attached hydrogens (primary N) is 1. The number of nitrogen functional groups attached to an aromatic ring is 1. The summed E-state index contributed by atoms with van der Waals surface area (Å²) in [4.78, 5) is 20.1. The predicted molar refractivity (Wildman–Crippen MR) is 72.2 cm³/mol. The van der Waals surface area contributed by atoms with Crippen LogP contribution < -0.4 is 16.6 Å². The summed E-state index contributed by atoms with van der Waals surface area (Å²) in [5.74, 6) is 5.52. The van der Waals surface area contributed by atoms with Crippen LogP contribution in [0.3, 0.4) is 0 Å². The van der Waals surface area contributed by atoms with Gasteiger partial charge in [-0.05, 0) is 30.7 Å². The Morgan fingerprint density at radius 3 is 2.79 bits per heavy atom. The van der Waals surface area contributed by atoms with Crippen molar-refractivity contribution in [2.75, 3.05) is 5.43 Å². The molecule has 0 unspecified atom stereocenters. The maximum atomic E-state index is 11.9. The SMILES string of the molecule is Cc1cccnc1CNC(=O)c1ccc(NN)nc1. The number of aromatic nitrogens is 2. The fraction of sp³-hybridized carbons (Fsp3) is 0.154. The van der Waals surface area contributed by atoms with Gasteiger partial charge in [0.2, 0.25) is 0 Å². The van der Waals surface area contributed by atoms with Crippen LogP contribution in [-0.4, -0.2) is 15.9 Å². The Morgan fingerprint density at radius 1 is 1.32 bits per heavy atom. The molecule has 2 rings (SSSR count). The van der Waals surface area contributed by atoms with E-state index < -0.39 is 0 Å². The van der Waals surface area contributed by atoms with Crippen molar-refractivity contribution in [2.45, 2.75) is 13.5 Å². The first kappa shape index (κ1) is 13.0. The lowest BCUT2D eigenvalue weighted by atomic mass is 10.2. The summed E-state index contributed by atoms with van der Waals surface area (Å²) >= 11 is 0. The van der Waals surface area contributed by atoms with Crippen LogP contribution >= 0.6 is 0 Å². The van der Waals surface area contributed by atoms with Gasteiger partial charge in [-0.1, -0.05) is 6.07 Å². The molecule has 0 atom stereocenters. The normalized spacial score (nSPS) is 10.0. The maximum Gasteiger partial charge on any atom is 0.253 e. The third-order valence-corrected chi connectivity index (χ3v) is 2.71. The Labute approximate surface area is 111 Å². The molecule has 1 amide bonds. The van der Waals surface area contributed by atoms with Crippen LogP contribution in [0.2, 0.25) is 0 Å². The minimum atomic E-state index is -0.193. The number of nitrogens with one attached hydrogen (secondary N) is 2. The van der Waals surface area contributed by atoms with E-state index in [9.17, 15) is 4.79 Å². The Balaban J connectivity index is 1.99. The van der Waals surface area contributed by atoms with Crippen LogP contribution in [0.4, 0.5) is 5.82 Å². The van der Waals surface area contributed by atoms with E-state index in [0.29, 0.717) is 17.9 Å². The van der Waals surface area contributed by atoms with Crippen LogP contribution in [0.15, 0.2) is 36.7 Å². The van der Waals surface area contributed by atoms with E-state index in [1.165, 1.54) is 6.20 Å². The number of hydrazine groups is 1. The molecule has 0 aliphatic heterocycles. The van der Waals surface area contributed by atoms with Crippen molar-refractivity contribution < 1.29 is 4.79 Å². The van der Waals surface area contributed by atoms with Crippen molar-refractivity contribution in [3.63, 3.8) is 0 Å². The van der Waals surface area contributed by atoms with Gasteiger partial charge in [-0.25, -0.2) is 10.8 Å². The highest BCUT2D eigenvalue weighted by Crippen LogP contribution is 2.05. The first-order valence-corrected chi connectivity index (χ1v) is 5.82. The summed E-state index contributed by atoms with van der Waals surface area (Å²) in [6.07, 6.45) is 3.17. The van der Waals surface area contributed by atoms with Crippen LogP contribution in [0.5, 0.6) is 0 Å². The number of hydrogen-bond donors (Lipinski definition) is 3. The van der Waals surface area contributed by atoms with Gasteiger partial charge in [-0.15, -0.1) is 0 Å². The van der Waals surface area contributed by atoms with Gasteiger partial charge in [-0.3, -0.25) is 9.78 Å². The van der Waals surface area contributed by atoms with Crippen molar-refractivity contribution in [3.8, 4) is 0 Å². The van der Waals surface area contributed by atoms with E-state index in [0.717, 1.165) is 11.3 Å². The van der Waals surface area contributed by atoms with Crippen LogP contribution in [0.25, 0.3) is 0 Å². The smallest absolute Gasteiger partial charge is 0.253 e. The lowest BCUT2D eigenvalue weighted by Crippen LogP contribution is -2.24. The van der Waals surface area contributed by atoms with Gasteiger partial charge in [0.1, 0.15) is 5.82 Å². The molecule has 0 aliphatic carbocycles. The summed E-state index contributed by atoms with van der Waals surface area (Å²) in [5.41, 5.74) is 4.78. The number of amides is 1. The molecular weight excluding hydrogens is 242 g/mol. The van der Waals surface area contributed by atoms with Crippen LogP contribution in [-0.2, 0) is 6.54 Å². The van der Waals surface area contributed by atoms with Crippen molar-refractivity contribution in [2.24, 2.45) is 5.84 Å². The van der Waals surface area contributed by atoms with E-state index in [2.05, 4.69) is 20.7 Å². The predicted octanol–water partition coefficient (Wildman–Crippen LogP) is 1.00. The minimum absolute atomic E-state index is 0.193. The van der Waals surface area contributed by atoms with E-state index in [1.807, 2.05) is 19.1 Å². The van der Waals surface area contributed by atoms with E-state index >= 15 is 0 Å². The van der Waals surface area contributed by atoms with Gasteiger partial charge < -0.3 is 10.7 Å². The molecule has 19 heavy (non-hydrogen) atoms. The summed E-state index contributed by atoms with van der Waals surface area (Å²) < 4.78 is 0. The van der Waals surface area contributed by atoms with E-state index in [-0.39, 0.29) is 5.91 Å². The Hall–Kier alpha value is -2.47. The molecule has 2 aromatic heterocycles. The average molecular weight is 257 g/mol. The third-order valence-electron chi connectivity index (χ3n) is 2.71. The second kappa shape index (κ2) is 5.92. The third kappa shape index (κ3) is 3.26. The molecule has 0 saturated carbocycles. The highest BCUT2D eigenvalue weighted by molar-refractivity contribution is 5.93. The highest BCUT2D eigenvalue weighted by Gasteiger charge is 2.07. The molecule has 0 spiro atoms. The monoisotopic (exact) mass is 257 g/mol. The standard InChI is InChI=1S/C13H15N5O/c1-9-3-2-6-15-11(9)8-17-13(19)10-4-5-12(18-14)16-7-10/h2-7H,8,14H2,1H3,(H,16,18)(H,17,19). The number of anilines is 1. The first-order chi connectivity index (χ1) is 9.20. The molecule has 0 fully saturated rings. The molecule has 6 heteroatoms. The average Bonchev–Trinajstić information content (AvgIpc) is 2.46. The Morgan fingerprint density at radius 2 is 2.16 bits per heavy atom. The first-order valence-electron chi connectivity index (χ1n) is 5.82. The zero-order chi connectivity index (χ0) is 13.7. The zero-order valence-corrected chi connectivity index (χ0v) is 10.6. The van der Waals surface area contributed by atoms with Crippen molar-refractivity contribution >= 4 is 11.7 Å². The summed E-state index contributed by atoms with van der Waals surface area (Å²) in [6.45, 7) is 2.35. The molecular formula is C13H15N5O. The van der Waals surface area contributed by atoms with Gasteiger partial charge in [0.05, 0.1) is 17.8 Å². The Kier molecular flexibility index (Phi) is 4.04. The highest BCUT2D eigenvalue weighted by atomic mass is 16.1. The molecule has 98 valence electrons. The molecule has 6 nitrogen and oxygen atoms in total. The van der Waals surface area contributed by atoms with E-state index in [1.54, 1.807) is 18.3 Å². The number of hydrogen-bond acceptors (Lipinski definition) is 5. The van der Waals surface area contributed by atoms with Crippen molar-refractivity contribution in [3.05, 3.63) is 53.5 Å². The summed E-state index contributed by atoms with van der Waals surface area (Å²) in [5, 5.41) is 2.80. The molecule has 0 bridgehead atoms. The fourth-order valence-electron chi connectivity index (χ4n) is 1.58. The van der Waals surface area contributed by atoms with Gasteiger partial charge in [0.25, 0.3) is 5.91 Å². The fourth-order valence-corrected chi connectivity index (χ4v) is 1.58. The number of pyridine rings is 2. The van der Waals surface area contributed by atoms with E-state index in [4.69, 9.17) is 5.84 Å².